The molecule has 0 aromatic carbocycles. The maximum absolute atomic E-state index is 9.32. The van der Waals surface area contributed by atoms with E-state index in [1.54, 1.807) is 0 Å². The van der Waals surface area contributed by atoms with Gasteiger partial charge in [-0.15, -0.1) is 9.98 Å². The van der Waals surface area contributed by atoms with Gasteiger partial charge in [0.1, 0.15) is 0 Å². The van der Waals surface area contributed by atoms with Crippen molar-refractivity contribution in [2.75, 3.05) is 0 Å². The van der Waals surface area contributed by atoms with E-state index in [0.29, 0.717) is 0 Å². The first-order chi connectivity index (χ1) is 3.81. The van der Waals surface area contributed by atoms with Crippen molar-refractivity contribution in [3.05, 3.63) is 0 Å². The molecule has 0 amide bonds. The van der Waals surface area contributed by atoms with Crippen LogP contribution in [0.3, 0.4) is 0 Å². The van der Waals surface area contributed by atoms with Gasteiger partial charge in [0, 0.05) is 0 Å². The lowest BCUT2D eigenvalue weighted by Crippen LogP contribution is -1.78. The van der Waals surface area contributed by atoms with Crippen LogP contribution in [0.15, 0.2) is 9.98 Å². The van der Waals surface area contributed by atoms with Crippen LogP contribution in [0.1, 0.15) is 0 Å². The van der Waals surface area contributed by atoms with Crippen LogP contribution in [0.5, 0.6) is 0 Å². The van der Waals surface area contributed by atoms with Crippen LogP contribution >= 0.6 is 12.2 Å². The third kappa shape index (κ3) is 3.06. The van der Waals surface area contributed by atoms with Gasteiger partial charge >= 0.3 is 0 Å². The topological polar surface area (TPSA) is 58.9 Å². The van der Waals surface area contributed by atoms with E-state index in [1.165, 1.54) is 0 Å². The van der Waals surface area contributed by atoms with Crippen LogP contribution < -0.4 is 0 Å². The van der Waals surface area contributed by atoms with Crippen molar-refractivity contribution in [2.45, 2.75) is 0 Å². The summed E-state index contributed by atoms with van der Waals surface area (Å²) < 4.78 is 0. The number of rotatable bonds is 0. The van der Waals surface area contributed by atoms with E-state index in [4.69, 9.17) is 0 Å². The lowest BCUT2D eigenvalue weighted by atomic mass is 11.1. The first-order valence-electron chi connectivity index (χ1n) is 1.51. The van der Waals surface area contributed by atoms with E-state index in [-0.39, 0.29) is 5.11 Å². The van der Waals surface area contributed by atoms with Crippen molar-refractivity contribution in [3.63, 3.8) is 0 Å². The number of isocyanates is 2. The van der Waals surface area contributed by atoms with E-state index >= 15 is 0 Å². The van der Waals surface area contributed by atoms with Crippen molar-refractivity contribution in [1.29, 1.82) is 0 Å². The van der Waals surface area contributed by atoms with Gasteiger partial charge in [-0.25, -0.2) is 9.59 Å². The number of aliphatic imine (C=N–C) groups is 2. The minimum Gasteiger partial charge on any atom is -0.211 e. The molecule has 0 fully saturated rings. The zero-order valence-corrected chi connectivity index (χ0v) is 4.44. The monoisotopic (exact) mass is 128 g/mol. The first kappa shape index (κ1) is 6.85. The zero-order valence-electron chi connectivity index (χ0n) is 3.62. The predicted octanol–water partition coefficient (Wildman–Crippen LogP) is -0.0571. The minimum atomic E-state index is -0.352. The maximum Gasteiger partial charge on any atom is 0.242 e. The Balaban J connectivity index is 4.04. The number of hydrogen-bond donors (Lipinski definition) is 0. The standard InChI is InChI=1S/C3N2O2S/c6-1-4-3(8)5-2-7. The molecule has 0 aromatic rings. The smallest absolute Gasteiger partial charge is 0.211 e. The quantitative estimate of drug-likeness (QED) is 0.261. The molecule has 0 aromatic heterocycles. The normalized spacial score (nSPS) is 6.00. The van der Waals surface area contributed by atoms with E-state index in [9.17, 15) is 9.59 Å². The Morgan fingerprint density at radius 1 is 1.25 bits per heavy atom. The van der Waals surface area contributed by atoms with E-state index in [2.05, 4.69) is 22.2 Å². The van der Waals surface area contributed by atoms with Crippen LogP contribution in [0, 0.1) is 0 Å². The van der Waals surface area contributed by atoms with Crippen molar-refractivity contribution in [2.24, 2.45) is 9.98 Å². The molecule has 0 aliphatic carbocycles. The highest BCUT2D eigenvalue weighted by atomic mass is 32.1. The van der Waals surface area contributed by atoms with E-state index in [1.807, 2.05) is 0 Å². The number of hydrogen-bond acceptors (Lipinski definition) is 3. The Morgan fingerprint density at radius 3 is 1.88 bits per heavy atom. The molecule has 4 nitrogen and oxygen atoms in total. The highest BCUT2D eigenvalue weighted by Gasteiger charge is 1.80. The molecule has 5 heteroatoms. The highest BCUT2D eigenvalue weighted by molar-refractivity contribution is 7.80. The second-order valence-corrected chi connectivity index (χ2v) is 1.05. The summed E-state index contributed by atoms with van der Waals surface area (Å²) in [5.74, 6) is 0. The van der Waals surface area contributed by atoms with Gasteiger partial charge in [-0.2, -0.15) is 0 Å². The molecule has 0 atom stereocenters. The summed E-state index contributed by atoms with van der Waals surface area (Å²) in [6, 6.07) is 0. The number of carbonyl (C=O) groups excluding carboxylic acids is 2. The molecule has 0 spiro atoms. The molecule has 0 radical (unpaired) electrons. The molecule has 0 N–H and O–H groups in total. The second kappa shape index (κ2) is 4.02. The third-order valence-corrected chi connectivity index (χ3v) is 0.465. The lowest BCUT2D eigenvalue weighted by molar-refractivity contribution is 0.565. The van der Waals surface area contributed by atoms with Crippen LogP contribution in [-0.2, 0) is 9.59 Å². The Morgan fingerprint density at radius 2 is 1.62 bits per heavy atom. The van der Waals surface area contributed by atoms with E-state index in [0.717, 1.165) is 12.2 Å². The molecular weight excluding hydrogens is 128 g/mol. The SMILES string of the molecule is O=C=NC(=S)N=C=O. The van der Waals surface area contributed by atoms with Gasteiger partial charge in [-0.05, 0) is 12.2 Å². The van der Waals surface area contributed by atoms with Crippen LogP contribution in [0.25, 0.3) is 0 Å². The fraction of sp³-hybridized carbons (Fsp3) is 0. The zero-order chi connectivity index (χ0) is 6.41. The largest absolute Gasteiger partial charge is 0.242 e. The molecule has 0 unspecified atom stereocenters. The van der Waals surface area contributed by atoms with Crippen molar-refractivity contribution < 1.29 is 9.59 Å². The predicted molar refractivity (Wildman–Crippen MR) is 28.8 cm³/mol. The Hall–Kier alpha value is -1.15. The van der Waals surface area contributed by atoms with Crippen molar-refractivity contribution >= 4 is 29.5 Å². The fourth-order valence-corrected chi connectivity index (χ4v) is 0.178. The van der Waals surface area contributed by atoms with Gasteiger partial charge < -0.3 is 0 Å². The first-order valence-corrected chi connectivity index (χ1v) is 1.92. The molecule has 8 heavy (non-hydrogen) atoms. The van der Waals surface area contributed by atoms with Gasteiger partial charge in [0.25, 0.3) is 0 Å². The molecule has 40 valence electrons. The summed E-state index contributed by atoms with van der Waals surface area (Å²) >= 11 is 4.19. The van der Waals surface area contributed by atoms with Crippen LogP contribution in [0.4, 0.5) is 0 Å². The second-order valence-electron chi connectivity index (χ2n) is 0.689. The average Bonchev–Trinajstić information content (AvgIpc) is 1.68. The van der Waals surface area contributed by atoms with Crippen LogP contribution in [0.2, 0.25) is 0 Å². The third-order valence-electron chi connectivity index (χ3n) is 0.283. The molecule has 0 heterocycles. The molecular formula is C3N2O2S. The lowest BCUT2D eigenvalue weighted by Gasteiger charge is -1.68. The Labute approximate surface area is 49.9 Å². The Kier molecular flexibility index (Phi) is 3.44. The van der Waals surface area contributed by atoms with Gasteiger partial charge in [-0.1, -0.05) is 0 Å². The molecule has 0 bridgehead atoms. The number of thiocarbonyl (C=S) groups is 1. The van der Waals surface area contributed by atoms with Crippen molar-refractivity contribution in [3.8, 4) is 0 Å². The maximum atomic E-state index is 9.32. The summed E-state index contributed by atoms with van der Waals surface area (Å²) in [5.41, 5.74) is 0. The van der Waals surface area contributed by atoms with Crippen LogP contribution in [-0.4, -0.2) is 17.3 Å². The minimum absolute atomic E-state index is 0.352. The average molecular weight is 128 g/mol. The molecule has 0 saturated heterocycles. The molecule has 0 aliphatic heterocycles. The van der Waals surface area contributed by atoms with Gasteiger partial charge in [-0.3, -0.25) is 0 Å². The Bertz CT molecular complexity index is 167. The molecule has 0 rings (SSSR count). The highest BCUT2D eigenvalue weighted by Crippen LogP contribution is 1.75. The van der Waals surface area contributed by atoms with Gasteiger partial charge in [0.15, 0.2) is 0 Å². The summed E-state index contributed by atoms with van der Waals surface area (Å²) in [6.07, 6.45) is 2.23. The van der Waals surface area contributed by atoms with Crippen molar-refractivity contribution in [1.82, 2.24) is 0 Å². The fourth-order valence-electron chi connectivity index (χ4n) is 0.103. The summed E-state index contributed by atoms with van der Waals surface area (Å²) in [5, 5.41) is -0.352. The van der Waals surface area contributed by atoms with Gasteiger partial charge in [0.2, 0.25) is 17.3 Å². The molecule has 0 aliphatic rings. The summed E-state index contributed by atoms with van der Waals surface area (Å²) in [6.45, 7) is 0. The summed E-state index contributed by atoms with van der Waals surface area (Å²) in [7, 11) is 0. The van der Waals surface area contributed by atoms with E-state index < -0.39 is 0 Å². The summed E-state index contributed by atoms with van der Waals surface area (Å²) in [4.78, 5) is 24.3. The molecule has 0 saturated carbocycles. The number of nitrogens with zero attached hydrogens (tertiary/aromatic N) is 2. The van der Waals surface area contributed by atoms with Gasteiger partial charge in [0.05, 0.1) is 0 Å².